The molecule has 2 aromatic carbocycles. The summed E-state index contributed by atoms with van der Waals surface area (Å²) in [4.78, 5) is 15.2. The standard InChI is InChI=1S/C18H17N3O3/c1-23-14-5-3-4-12(8-14)11-19-21-18(22)17-9-13-6-7-15(24-2)10-16(13)20-17/h3-11,20H,1-2H3,(H,21,22)/b19-11-. The highest BCUT2D eigenvalue weighted by atomic mass is 16.5. The van der Waals surface area contributed by atoms with E-state index in [0.717, 1.165) is 28.0 Å². The van der Waals surface area contributed by atoms with Gasteiger partial charge in [0, 0.05) is 17.0 Å². The summed E-state index contributed by atoms with van der Waals surface area (Å²) in [5, 5.41) is 4.90. The van der Waals surface area contributed by atoms with Gasteiger partial charge in [-0.15, -0.1) is 0 Å². The van der Waals surface area contributed by atoms with Gasteiger partial charge in [0.2, 0.25) is 0 Å². The van der Waals surface area contributed by atoms with E-state index in [4.69, 9.17) is 9.47 Å². The maximum absolute atomic E-state index is 12.2. The third-order valence-corrected chi connectivity index (χ3v) is 3.55. The van der Waals surface area contributed by atoms with Crippen molar-refractivity contribution in [3.05, 3.63) is 59.8 Å². The number of aromatic nitrogens is 1. The van der Waals surface area contributed by atoms with Gasteiger partial charge < -0.3 is 14.5 Å². The summed E-state index contributed by atoms with van der Waals surface area (Å²) < 4.78 is 10.3. The number of aromatic amines is 1. The van der Waals surface area contributed by atoms with Crippen LogP contribution in [0.1, 0.15) is 16.1 Å². The molecule has 0 aliphatic carbocycles. The fourth-order valence-electron chi connectivity index (χ4n) is 2.30. The molecule has 0 saturated heterocycles. The minimum Gasteiger partial charge on any atom is -0.497 e. The van der Waals surface area contributed by atoms with Crippen LogP contribution in [0.15, 0.2) is 53.6 Å². The van der Waals surface area contributed by atoms with Gasteiger partial charge in [0.05, 0.1) is 20.4 Å². The van der Waals surface area contributed by atoms with Crippen LogP contribution in [0.5, 0.6) is 11.5 Å². The molecule has 3 aromatic rings. The Morgan fingerprint density at radius 3 is 2.67 bits per heavy atom. The van der Waals surface area contributed by atoms with Crippen molar-refractivity contribution in [1.29, 1.82) is 0 Å². The summed E-state index contributed by atoms with van der Waals surface area (Å²) in [6, 6.07) is 14.7. The molecule has 2 N–H and O–H groups in total. The van der Waals surface area contributed by atoms with Gasteiger partial charge in [0.25, 0.3) is 5.91 Å². The smallest absolute Gasteiger partial charge is 0.287 e. The molecule has 0 fully saturated rings. The molecule has 24 heavy (non-hydrogen) atoms. The molecular weight excluding hydrogens is 306 g/mol. The number of amides is 1. The molecular formula is C18H17N3O3. The number of benzene rings is 2. The van der Waals surface area contributed by atoms with Crippen LogP contribution in [0.4, 0.5) is 0 Å². The van der Waals surface area contributed by atoms with Gasteiger partial charge in [0.1, 0.15) is 17.2 Å². The second-order valence-corrected chi connectivity index (χ2v) is 5.11. The molecule has 0 spiro atoms. The van der Waals surface area contributed by atoms with E-state index in [0.29, 0.717) is 5.69 Å². The number of ether oxygens (including phenoxy) is 2. The van der Waals surface area contributed by atoms with Gasteiger partial charge in [-0.2, -0.15) is 5.10 Å². The summed E-state index contributed by atoms with van der Waals surface area (Å²) in [6.07, 6.45) is 1.56. The Balaban J connectivity index is 1.71. The Morgan fingerprint density at radius 2 is 1.88 bits per heavy atom. The molecule has 0 saturated carbocycles. The summed E-state index contributed by atoms with van der Waals surface area (Å²) in [7, 11) is 3.20. The first-order chi connectivity index (χ1) is 11.7. The van der Waals surface area contributed by atoms with E-state index >= 15 is 0 Å². The molecule has 0 aliphatic heterocycles. The van der Waals surface area contributed by atoms with Crippen molar-refractivity contribution >= 4 is 23.0 Å². The lowest BCUT2D eigenvalue weighted by Gasteiger charge is -2.00. The minimum atomic E-state index is -0.315. The zero-order chi connectivity index (χ0) is 16.9. The van der Waals surface area contributed by atoms with Crippen LogP contribution in [-0.2, 0) is 0 Å². The second kappa shape index (κ2) is 6.87. The predicted octanol–water partition coefficient (Wildman–Crippen LogP) is 2.95. The van der Waals surface area contributed by atoms with Gasteiger partial charge in [-0.3, -0.25) is 4.79 Å². The van der Waals surface area contributed by atoms with Crippen LogP contribution in [0.2, 0.25) is 0 Å². The van der Waals surface area contributed by atoms with Crippen LogP contribution in [0.25, 0.3) is 10.9 Å². The first-order valence-corrected chi connectivity index (χ1v) is 7.34. The molecule has 1 heterocycles. The van der Waals surface area contributed by atoms with Crippen LogP contribution >= 0.6 is 0 Å². The topological polar surface area (TPSA) is 75.7 Å². The normalized spacial score (nSPS) is 10.9. The first kappa shape index (κ1) is 15.6. The summed E-state index contributed by atoms with van der Waals surface area (Å²) >= 11 is 0. The maximum Gasteiger partial charge on any atom is 0.287 e. The molecule has 0 radical (unpaired) electrons. The number of rotatable bonds is 5. The number of fused-ring (bicyclic) bond motifs is 1. The molecule has 6 heteroatoms. The van der Waals surface area contributed by atoms with Gasteiger partial charge in [-0.05, 0) is 35.9 Å². The van der Waals surface area contributed by atoms with Crippen molar-refractivity contribution < 1.29 is 14.3 Å². The van der Waals surface area contributed by atoms with E-state index in [1.165, 1.54) is 0 Å². The molecule has 1 aromatic heterocycles. The lowest BCUT2D eigenvalue weighted by atomic mass is 10.2. The molecule has 3 rings (SSSR count). The zero-order valence-corrected chi connectivity index (χ0v) is 13.4. The predicted molar refractivity (Wildman–Crippen MR) is 92.9 cm³/mol. The number of H-pyrrole nitrogens is 1. The average Bonchev–Trinajstić information content (AvgIpc) is 3.05. The SMILES string of the molecule is COc1cccc(/C=N\NC(=O)c2cc3ccc(OC)cc3[nH]2)c1. The van der Waals surface area contributed by atoms with E-state index in [-0.39, 0.29) is 5.91 Å². The van der Waals surface area contributed by atoms with Crippen LogP contribution in [-0.4, -0.2) is 31.3 Å². The third kappa shape index (κ3) is 3.38. The molecule has 6 nitrogen and oxygen atoms in total. The van der Waals surface area contributed by atoms with Crippen molar-refractivity contribution in [2.45, 2.75) is 0 Å². The fraction of sp³-hybridized carbons (Fsp3) is 0.111. The second-order valence-electron chi connectivity index (χ2n) is 5.11. The van der Waals surface area contributed by atoms with E-state index in [1.54, 1.807) is 26.5 Å². The third-order valence-electron chi connectivity index (χ3n) is 3.55. The summed E-state index contributed by atoms with van der Waals surface area (Å²) in [5.41, 5.74) is 4.59. The summed E-state index contributed by atoms with van der Waals surface area (Å²) in [5.74, 6) is 1.14. The van der Waals surface area contributed by atoms with Gasteiger partial charge in [-0.1, -0.05) is 12.1 Å². The fourth-order valence-corrected chi connectivity index (χ4v) is 2.30. The van der Waals surface area contributed by atoms with Gasteiger partial charge in [0.15, 0.2) is 0 Å². The Morgan fingerprint density at radius 1 is 1.08 bits per heavy atom. The van der Waals surface area contributed by atoms with Crippen molar-refractivity contribution in [2.24, 2.45) is 5.10 Å². The molecule has 0 atom stereocenters. The van der Waals surface area contributed by atoms with Crippen LogP contribution in [0, 0.1) is 0 Å². The van der Waals surface area contributed by atoms with E-state index in [1.807, 2.05) is 42.5 Å². The van der Waals surface area contributed by atoms with E-state index < -0.39 is 0 Å². The summed E-state index contributed by atoms with van der Waals surface area (Å²) in [6.45, 7) is 0. The quantitative estimate of drug-likeness (QED) is 0.560. The number of carbonyl (C=O) groups excluding carboxylic acids is 1. The van der Waals surface area contributed by atoms with Crippen molar-refractivity contribution in [3.63, 3.8) is 0 Å². The number of carbonyl (C=O) groups is 1. The average molecular weight is 323 g/mol. The number of hydrogen-bond acceptors (Lipinski definition) is 4. The number of nitrogens with one attached hydrogen (secondary N) is 2. The highest BCUT2D eigenvalue weighted by Gasteiger charge is 2.09. The monoisotopic (exact) mass is 323 g/mol. The molecule has 0 aliphatic rings. The highest BCUT2D eigenvalue weighted by Crippen LogP contribution is 2.21. The Labute approximate surface area is 139 Å². The first-order valence-electron chi connectivity index (χ1n) is 7.34. The van der Waals surface area contributed by atoms with E-state index in [2.05, 4.69) is 15.5 Å². The van der Waals surface area contributed by atoms with Crippen molar-refractivity contribution in [1.82, 2.24) is 10.4 Å². The van der Waals surface area contributed by atoms with Crippen molar-refractivity contribution in [3.8, 4) is 11.5 Å². The molecule has 0 unspecified atom stereocenters. The van der Waals surface area contributed by atoms with E-state index in [9.17, 15) is 4.79 Å². The Bertz CT molecular complexity index is 899. The lowest BCUT2D eigenvalue weighted by molar-refractivity contribution is 0.0951. The number of hydrogen-bond donors (Lipinski definition) is 2. The minimum absolute atomic E-state index is 0.315. The molecule has 1 amide bonds. The zero-order valence-electron chi connectivity index (χ0n) is 13.4. The van der Waals surface area contributed by atoms with Crippen molar-refractivity contribution in [2.75, 3.05) is 14.2 Å². The number of nitrogens with zero attached hydrogens (tertiary/aromatic N) is 1. The lowest BCUT2D eigenvalue weighted by Crippen LogP contribution is -2.17. The number of methoxy groups -OCH3 is 2. The Hall–Kier alpha value is -3.28. The molecule has 0 bridgehead atoms. The highest BCUT2D eigenvalue weighted by molar-refractivity contribution is 5.98. The van der Waals surface area contributed by atoms with Crippen LogP contribution < -0.4 is 14.9 Å². The Kier molecular flexibility index (Phi) is 4.47. The van der Waals surface area contributed by atoms with Gasteiger partial charge in [-0.25, -0.2) is 5.43 Å². The van der Waals surface area contributed by atoms with Gasteiger partial charge >= 0.3 is 0 Å². The molecule has 122 valence electrons. The van der Waals surface area contributed by atoms with Crippen LogP contribution in [0.3, 0.4) is 0 Å². The largest absolute Gasteiger partial charge is 0.497 e. The maximum atomic E-state index is 12.2. The number of hydrazone groups is 1.